The molecule has 1 atom stereocenters. The van der Waals surface area contributed by atoms with Crippen LogP contribution < -0.4 is 5.32 Å². The first-order valence-electron chi connectivity index (χ1n) is 11.0. The van der Waals surface area contributed by atoms with Gasteiger partial charge >= 0.3 is 0 Å². The molecule has 1 saturated heterocycles. The number of nitrogens with one attached hydrogen (secondary N) is 1. The number of sulfonamides is 1. The highest BCUT2D eigenvalue weighted by Gasteiger charge is 2.45. The largest absolute Gasteiger partial charge is 0.351 e. The summed E-state index contributed by atoms with van der Waals surface area (Å²) in [6.07, 6.45) is 0.635. The Kier molecular flexibility index (Phi) is 8.69. The number of rotatable bonds is 8. The molecule has 1 fully saturated rings. The zero-order valence-corrected chi connectivity index (χ0v) is 23.3. The van der Waals surface area contributed by atoms with Crippen LogP contribution in [0.3, 0.4) is 0 Å². The van der Waals surface area contributed by atoms with Gasteiger partial charge in [0.1, 0.15) is 9.84 Å². The van der Waals surface area contributed by atoms with E-state index in [-0.39, 0.29) is 43.0 Å². The van der Waals surface area contributed by atoms with Crippen molar-refractivity contribution in [2.45, 2.75) is 42.8 Å². The number of hydrogen-bond donors (Lipinski definition) is 1. The number of benzene rings is 2. The second-order valence-corrected chi connectivity index (χ2v) is 14.3. The molecule has 0 saturated carbocycles. The lowest BCUT2D eigenvalue weighted by molar-refractivity contribution is -0.136. The van der Waals surface area contributed by atoms with Crippen LogP contribution in [0.15, 0.2) is 51.8 Å². The highest BCUT2D eigenvalue weighted by molar-refractivity contribution is 9.10. The third-order valence-corrected chi connectivity index (χ3v) is 9.70. The van der Waals surface area contributed by atoms with E-state index in [0.29, 0.717) is 20.6 Å². The van der Waals surface area contributed by atoms with Crippen LogP contribution in [0.25, 0.3) is 11.1 Å². The van der Waals surface area contributed by atoms with E-state index in [1.165, 1.54) is 10.4 Å². The average molecular weight is 610 g/mol. The van der Waals surface area contributed by atoms with Gasteiger partial charge in [0.25, 0.3) is 5.91 Å². The molecule has 2 aromatic rings. The fourth-order valence-electron chi connectivity index (χ4n) is 3.88. The Balaban J connectivity index is 1.76. The van der Waals surface area contributed by atoms with Gasteiger partial charge < -0.3 is 5.32 Å². The smallest absolute Gasteiger partial charge is 0.257 e. The predicted octanol–water partition coefficient (Wildman–Crippen LogP) is 4.20. The van der Waals surface area contributed by atoms with Crippen LogP contribution in [-0.4, -0.2) is 63.9 Å². The van der Waals surface area contributed by atoms with Gasteiger partial charge in [-0.05, 0) is 37.6 Å². The third kappa shape index (κ3) is 6.82. The molecule has 1 N–H and O–H groups in total. The number of carbonyl (C=O) groups is 1. The Morgan fingerprint density at radius 2 is 1.77 bits per heavy atom. The standard InChI is InChI=1S/C23H27BrClFN2O5S2/c1-16(9-14-34(2,30)31)27-22(29)23(26)10-12-28(13-11-23)35(32,33)21-8-7-17(24)15-19(21)18-5-3-4-6-20(18)25/h3-8,15-16H,9-14H2,1-2H3,(H,27,29)/t16-/m1/s1. The molecule has 0 spiro atoms. The number of nitrogens with zero attached hydrogens (tertiary/aromatic N) is 1. The maximum Gasteiger partial charge on any atom is 0.257 e. The Labute approximate surface area is 219 Å². The third-order valence-electron chi connectivity index (χ3n) is 5.94. The summed E-state index contributed by atoms with van der Waals surface area (Å²) in [5.41, 5.74) is -1.27. The number of alkyl halides is 1. The van der Waals surface area contributed by atoms with Crippen molar-refractivity contribution < 1.29 is 26.0 Å². The minimum Gasteiger partial charge on any atom is -0.351 e. The summed E-state index contributed by atoms with van der Waals surface area (Å²) < 4.78 is 67.0. The lowest BCUT2D eigenvalue weighted by Gasteiger charge is -2.35. The van der Waals surface area contributed by atoms with E-state index >= 15 is 4.39 Å². The molecule has 12 heteroatoms. The topological polar surface area (TPSA) is 101 Å². The second-order valence-electron chi connectivity index (χ2n) is 8.78. The maximum absolute atomic E-state index is 15.4. The molecule has 192 valence electrons. The summed E-state index contributed by atoms with van der Waals surface area (Å²) in [7, 11) is -7.21. The van der Waals surface area contributed by atoms with Gasteiger partial charge in [0, 0.05) is 58.9 Å². The number of hydrogen-bond acceptors (Lipinski definition) is 5. The summed E-state index contributed by atoms with van der Waals surface area (Å²) in [5, 5.41) is 2.92. The molecule has 2 aromatic carbocycles. The van der Waals surface area contributed by atoms with Gasteiger partial charge in [-0.2, -0.15) is 4.31 Å². The van der Waals surface area contributed by atoms with E-state index < -0.39 is 37.5 Å². The van der Waals surface area contributed by atoms with E-state index in [9.17, 15) is 21.6 Å². The molecule has 0 aliphatic carbocycles. The molecular formula is C23H27BrClFN2O5S2. The number of halogens is 3. The maximum atomic E-state index is 15.4. The van der Waals surface area contributed by atoms with Crippen LogP contribution in [0, 0.1) is 0 Å². The molecular weight excluding hydrogens is 583 g/mol. The molecule has 0 bridgehead atoms. The minimum absolute atomic E-state index is 0.0407. The quantitative estimate of drug-likeness (QED) is 0.484. The van der Waals surface area contributed by atoms with Crippen molar-refractivity contribution in [3.05, 3.63) is 52.0 Å². The normalized spacial score (nSPS) is 17.6. The van der Waals surface area contributed by atoms with Gasteiger partial charge in [-0.25, -0.2) is 21.2 Å². The van der Waals surface area contributed by atoms with Gasteiger partial charge in [-0.15, -0.1) is 0 Å². The van der Waals surface area contributed by atoms with Crippen LogP contribution in [-0.2, 0) is 24.7 Å². The van der Waals surface area contributed by atoms with Crippen LogP contribution in [0.2, 0.25) is 5.02 Å². The molecule has 3 rings (SSSR count). The molecule has 0 radical (unpaired) electrons. The fourth-order valence-corrected chi connectivity index (χ4v) is 6.89. The highest BCUT2D eigenvalue weighted by Crippen LogP contribution is 2.37. The Morgan fingerprint density at radius 3 is 2.37 bits per heavy atom. The van der Waals surface area contributed by atoms with E-state index in [1.54, 1.807) is 43.3 Å². The van der Waals surface area contributed by atoms with Crippen LogP contribution in [0.4, 0.5) is 4.39 Å². The summed E-state index contributed by atoms with van der Waals surface area (Å²) in [4.78, 5) is 12.6. The van der Waals surface area contributed by atoms with Crippen molar-refractivity contribution >= 4 is 53.3 Å². The summed E-state index contributed by atoms with van der Waals surface area (Å²) in [5.74, 6) is -0.975. The number of sulfone groups is 1. The molecule has 1 heterocycles. The monoisotopic (exact) mass is 608 g/mol. The molecule has 1 aliphatic rings. The van der Waals surface area contributed by atoms with Crippen LogP contribution >= 0.6 is 27.5 Å². The van der Waals surface area contributed by atoms with Gasteiger partial charge in [0.05, 0.1) is 10.6 Å². The first-order valence-corrected chi connectivity index (χ1v) is 15.6. The Morgan fingerprint density at radius 1 is 1.14 bits per heavy atom. The fraction of sp³-hybridized carbons (Fsp3) is 0.435. The number of piperidine rings is 1. The summed E-state index contributed by atoms with van der Waals surface area (Å²) in [6.45, 7) is 1.25. The van der Waals surface area contributed by atoms with Crippen molar-refractivity contribution in [3.63, 3.8) is 0 Å². The zero-order valence-electron chi connectivity index (χ0n) is 19.3. The van der Waals surface area contributed by atoms with E-state index in [0.717, 1.165) is 6.26 Å². The van der Waals surface area contributed by atoms with Crippen LogP contribution in [0.5, 0.6) is 0 Å². The minimum atomic E-state index is -4.01. The van der Waals surface area contributed by atoms with Gasteiger partial charge in [-0.1, -0.05) is 45.7 Å². The predicted molar refractivity (Wildman–Crippen MR) is 138 cm³/mol. The number of amides is 1. The highest BCUT2D eigenvalue weighted by atomic mass is 79.9. The zero-order chi connectivity index (χ0) is 26.0. The SMILES string of the molecule is C[C@H](CCS(C)(=O)=O)NC(=O)C1(F)CCN(S(=O)(=O)c2ccc(Br)cc2-c2ccccc2Cl)CC1. The lowest BCUT2D eigenvalue weighted by Crippen LogP contribution is -2.53. The first-order chi connectivity index (χ1) is 16.2. The van der Waals surface area contributed by atoms with Crippen molar-refractivity contribution in [1.82, 2.24) is 9.62 Å². The van der Waals surface area contributed by atoms with E-state index in [1.807, 2.05) is 0 Å². The molecule has 1 amide bonds. The molecule has 7 nitrogen and oxygen atoms in total. The Hall–Kier alpha value is -1.53. The molecule has 0 unspecified atom stereocenters. The van der Waals surface area contributed by atoms with Crippen LogP contribution in [0.1, 0.15) is 26.2 Å². The van der Waals surface area contributed by atoms with Gasteiger partial charge in [0.2, 0.25) is 10.0 Å². The van der Waals surface area contributed by atoms with Gasteiger partial charge in [0.15, 0.2) is 5.67 Å². The Bertz CT molecular complexity index is 1310. The van der Waals surface area contributed by atoms with Crippen molar-refractivity contribution in [1.29, 1.82) is 0 Å². The first kappa shape index (κ1) is 28.0. The van der Waals surface area contributed by atoms with E-state index in [2.05, 4.69) is 21.2 Å². The molecule has 0 aromatic heterocycles. The van der Waals surface area contributed by atoms with E-state index in [4.69, 9.17) is 11.6 Å². The lowest BCUT2D eigenvalue weighted by atomic mass is 9.93. The summed E-state index contributed by atoms with van der Waals surface area (Å²) in [6, 6.07) is 11.1. The summed E-state index contributed by atoms with van der Waals surface area (Å²) >= 11 is 9.70. The van der Waals surface area contributed by atoms with Crippen molar-refractivity contribution in [3.8, 4) is 11.1 Å². The second kappa shape index (κ2) is 10.8. The molecule has 1 aliphatic heterocycles. The number of carbonyl (C=O) groups excluding carboxylic acids is 1. The van der Waals surface area contributed by atoms with Gasteiger partial charge in [-0.3, -0.25) is 4.79 Å². The van der Waals surface area contributed by atoms with Crippen molar-refractivity contribution in [2.24, 2.45) is 0 Å². The van der Waals surface area contributed by atoms with Crippen molar-refractivity contribution in [2.75, 3.05) is 25.1 Å². The molecule has 35 heavy (non-hydrogen) atoms. The average Bonchev–Trinajstić information content (AvgIpc) is 2.77.